The van der Waals surface area contributed by atoms with Gasteiger partial charge in [-0.1, -0.05) is 36.4 Å². The Morgan fingerprint density at radius 2 is 1.64 bits per heavy atom. The van der Waals surface area contributed by atoms with E-state index in [1.165, 1.54) is 11.8 Å². The molecule has 0 aliphatic rings. The average Bonchev–Trinajstić information content (AvgIpc) is 2.73. The van der Waals surface area contributed by atoms with Crippen LogP contribution in [-0.4, -0.2) is 18.9 Å². The molecule has 0 aliphatic carbocycles. The van der Waals surface area contributed by atoms with Crippen LogP contribution < -0.4 is 15.0 Å². The van der Waals surface area contributed by atoms with Gasteiger partial charge in [-0.15, -0.1) is 0 Å². The second-order valence-corrected chi connectivity index (χ2v) is 6.38. The predicted molar refractivity (Wildman–Crippen MR) is 111 cm³/mol. The number of carbonyl (C=O) groups is 2. The van der Waals surface area contributed by atoms with Crippen molar-refractivity contribution >= 4 is 23.2 Å². The average molecular weight is 374 g/mol. The van der Waals surface area contributed by atoms with Crippen LogP contribution in [0.4, 0.5) is 11.4 Å². The fraction of sp³-hybridized carbons (Fsp3) is 0.130. The third kappa shape index (κ3) is 4.98. The molecule has 0 unspecified atom stereocenters. The van der Waals surface area contributed by atoms with E-state index in [0.717, 1.165) is 11.3 Å². The van der Waals surface area contributed by atoms with Gasteiger partial charge in [0.2, 0.25) is 5.91 Å². The van der Waals surface area contributed by atoms with Crippen LogP contribution in [0.25, 0.3) is 0 Å². The molecule has 3 aromatic carbocycles. The zero-order valence-electron chi connectivity index (χ0n) is 15.9. The van der Waals surface area contributed by atoms with Gasteiger partial charge in [-0.2, -0.15) is 0 Å². The van der Waals surface area contributed by atoms with Crippen molar-refractivity contribution in [1.82, 2.24) is 0 Å². The molecular weight excluding hydrogens is 352 g/mol. The molecule has 0 saturated carbocycles. The summed E-state index contributed by atoms with van der Waals surface area (Å²) in [6.07, 6.45) is 0. The minimum absolute atomic E-state index is 0.0745. The SMILES string of the molecule is CC(=O)N(C)c1cccc(NC(=O)c2ccc(OCc3ccccc3)cc2)c1. The minimum Gasteiger partial charge on any atom is -0.489 e. The van der Waals surface area contributed by atoms with Crippen LogP contribution in [0.3, 0.4) is 0 Å². The standard InChI is InChI=1S/C23H22N2O3/c1-17(26)25(2)21-10-6-9-20(15-21)24-23(27)19-11-13-22(14-12-19)28-16-18-7-4-3-5-8-18/h3-15H,16H2,1-2H3,(H,24,27). The van der Waals surface area contributed by atoms with Crippen molar-refractivity contribution in [2.45, 2.75) is 13.5 Å². The lowest BCUT2D eigenvalue weighted by Crippen LogP contribution is -2.23. The van der Waals surface area contributed by atoms with E-state index in [1.54, 1.807) is 49.5 Å². The number of nitrogens with zero attached hydrogens (tertiary/aromatic N) is 1. The maximum atomic E-state index is 12.5. The molecule has 5 heteroatoms. The topological polar surface area (TPSA) is 58.6 Å². The Balaban J connectivity index is 1.62. The van der Waals surface area contributed by atoms with E-state index in [4.69, 9.17) is 4.74 Å². The Hall–Kier alpha value is -3.60. The first kappa shape index (κ1) is 19.2. The summed E-state index contributed by atoms with van der Waals surface area (Å²) < 4.78 is 5.74. The third-order valence-corrected chi connectivity index (χ3v) is 4.33. The van der Waals surface area contributed by atoms with E-state index < -0.39 is 0 Å². The van der Waals surface area contributed by atoms with Gasteiger partial charge >= 0.3 is 0 Å². The fourth-order valence-electron chi connectivity index (χ4n) is 2.62. The van der Waals surface area contributed by atoms with Crippen molar-refractivity contribution in [3.8, 4) is 5.75 Å². The van der Waals surface area contributed by atoms with Crippen LogP contribution in [0.2, 0.25) is 0 Å². The number of carbonyl (C=O) groups excluding carboxylic acids is 2. The number of hydrogen-bond donors (Lipinski definition) is 1. The third-order valence-electron chi connectivity index (χ3n) is 4.33. The fourth-order valence-corrected chi connectivity index (χ4v) is 2.62. The summed E-state index contributed by atoms with van der Waals surface area (Å²) in [4.78, 5) is 25.5. The quantitative estimate of drug-likeness (QED) is 0.691. The molecule has 0 aromatic heterocycles. The lowest BCUT2D eigenvalue weighted by molar-refractivity contribution is -0.116. The summed E-state index contributed by atoms with van der Waals surface area (Å²) in [5.41, 5.74) is 2.95. The summed E-state index contributed by atoms with van der Waals surface area (Å²) >= 11 is 0. The maximum Gasteiger partial charge on any atom is 0.255 e. The number of ether oxygens (including phenoxy) is 1. The van der Waals surface area contributed by atoms with Gasteiger partial charge in [0, 0.05) is 30.9 Å². The number of amides is 2. The van der Waals surface area contributed by atoms with Crippen LogP contribution in [-0.2, 0) is 11.4 Å². The first-order valence-corrected chi connectivity index (χ1v) is 8.95. The minimum atomic E-state index is -0.225. The number of anilines is 2. The van der Waals surface area contributed by atoms with Crippen molar-refractivity contribution in [3.05, 3.63) is 90.0 Å². The van der Waals surface area contributed by atoms with Gasteiger partial charge in [-0.3, -0.25) is 9.59 Å². The monoisotopic (exact) mass is 374 g/mol. The summed E-state index contributed by atoms with van der Waals surface area (Å²) in [7, 11) is 1.69. The normalized spacial score (nSPS) is 10.2. The number of benzene rings is 3. The Morgan fingerprint density at radius 1 is 0.929 bits per heavy atom. The van der Waals surface area contributed by atoms with Gasteiger partial charge in [-0.05, 0) is 48.0 Å². The van der Waals surface area contributed by atoms with Gasteiger partial charge in [-0.25, -0.2) is 0 Å². The summed E-state index contributed by atoms with van der Waals surface area (Å²) in [6.45, 7) is 1.97. The van der Waals surface area contributed by atoms with Crippen molar-refractivity contribution in [2.24, 2.45) is 0 Å². The molecule has 0 radical (unpaired) electrons. The van der Waals surface area contributed by atoms with Gasteiger partial charge in [0.1, 0.15) is 12.4 Å². The lowest BCUT2D eigenvalue weighted by atomic mass is 10.2. The Kier molecular flexibility index (Phi) is 6.07. The van der Waals surface area contributed by atoms with E-state index >= 15 is 0 Å². The molecule has 0 aliphatic heterocycles. The van der Waals surface area contributed by atoms with Crippen LogP contribution in [0, 0.1) is 0 Å². The Labute approximate surface area is 164 Å². The molecule has 142 valence electrons. The van der Waals surface area contributed by atoms with Crippen LogP contribution in [0.15, 0.2) is 78.9 Å². The molecule has 1 N–H and O–H groups in total. The summed E-state index contributed by atoms with van der Waals surface area (Å²) in [5, 5.41) is 2.85. The smallest absolute Gasteiger partial charge is 0.255 e. The summed E-state index contributed by atoms with van der Waals surface area (Å²) in [5.74, 6) is 0.400. The molecule has 3 rings (SSSR count). The zero-order valence-corrected chi connectivity index (χ0v) is 15.9. The first-order valence-electron chi connectivity index (χ1n) is 8.95. The summed E-state index contributed by atoms with van der Waals surface area (Å²) in [6, 6.07) is 24.1. The largest absolute Gasteiger partial charge is 0.489 e. The zero-order chi connectivity index (χ0) is 19.9. The number of rotatable bonds is 6. The van der Waals surface area contributed by atoms with E-state index in [0.29, 0.717) is 23.6 Å². The van der Waals surface area contributed by atoms with Gasteiger partial charge < -0.3 is 15.0 Å². The van der Waals surface area contributed by atoms with Crippen molar-refractivity contribution < 1.29 is 14.3 Å². The van der Waals surface area contributed by atoms with Crippen LogP contribution >= 0.6 is 0 Å². The Bertz CT molecular complexity index is 953. The molecular formula is C23H22N2O3. The van der Waals surface area contributed by atoms with Crippen molar-refractivity contribution in [1.29, 1.82) is 0 Å². The molecule has 3 aromatic rings. The molecule has 0 atom stereocenters. The van der Waals surface area contributed by atoms with E-state index in [-0.39, 0.29) is 11.8 Å². The van der Waals surface area contributed by atoms with E-state index in [2.05, 4.69) is 5.32 Å². The van der Waals surface area contributed by atoms with Crippen molar-refractivity contribution in [2.75, 3.05) is 17.3 Å². The van der Waals surface area contributed by atoms with Gasteiger partial charge in [0.05, 0.1) is 0 Å². The Morgan fingerprint density at radius 3 is 2.32 bits per heavy atom. The van der Waals surface area contributed by atoms with Crippen molar-refractivity contribution in [3.63, 3.8) is 0 Å². The molecule has 0 saturated heterocycles. The molecule has 0 heterocycles. The van der Waals surface area contributed by atoms with E-state index in [9.17, 15) is 9.59 Å². The number of hydrogen-bond acceptors (Lipinski definition) is 3. The second-order valence-electron chi connectivity index (χ2n) is 6.38. The van der Waals surface area contributed by atoms with Crippen LogP contribution in [0.1, 0.15) is 22.8 Å². The highest BCUT2D eigenvalue weighted by Crippen LogP contribution is 2.20. The molecule has 0 bridgehead atoms. The highest BCUT2D eigenvalue weighted by atomic mass is 16.5. The molecule has 0 spiro atoms. The molecule has 5 nitrogen and oxygen atoms in total. The highest BCUT2D eigenvalue weighted by Gasteiger charge is 2.09. The van der Waals surface area contributed by atoms with Gasteiger partial charge in [0.15, 0.2) is 0 Å². The van der Waals surface area contributed by atoms with Gasteiger partial charge in [0.25, 0.3) is 5.91 Å². The van der Waals surface area contributed by atoms with Crippen LogP contribution in [0.5, 0.6) is 5.75 Å². The number of nitrogens with one attached hydrogen (secondary N) is 1. The second kappa shape index (κ2) is 8.86. The molecule has 0 fully saturated rings. The van der Waals surface area contributed by atoms with E-state index in [1.807, 2.05) is 36.4 Å². The first-order chi connectivity index (χ1) is 13.5. The lowest BCUT2D eigenvalue weighted by Gasteiger charge is -2.16. The maximum absolute atomic E-state index is 12.5. The highest BCUT2D eigenvalue weighted by molar-refractivity contribution is 6.04. The predicted octanol–water partition coefficient (Wildman–Crippen LogP) is 4.50. The molecule has 2 amide bonds. The molecule has 28 heavy (non-hydrogen) atoms.